The number of aryl methyl sites for hydroxylation is 1. The molecule has 2 amide bonds. The molecule has 2 N–H and O–H groups in total. The number of carboxylic acids is 1. The van der Waals surface area contributed by atoms with Gasteiger partial charge in [0.05, 0.1) is 13.0 Å². The minimum atomic E-state index is -1.07. The van der Waals surface area contributed by atoms with Crippen LogP contribution >= 0.6 is 11.8 Å². The highest BCUT2D eigenvalue weighted by Gasteiger charge is 2.64. The fourth-order valence-electron chi connectivity index (χ4n) is 10.8. The molecule has 8 rings (SSSR count). The second-order valence-electron chi connectivity index (χ2n) is 16.7. The number of hydrogen-bond acceptors (Lipinski definition) is 9. The quantitative estimate of drug-likeness (QED) is 0.210. The normalized spacial score (nSPS) is 33.8. The van der Waals surface area contributed by atoms with Crippen molar-refractivity contribution in [3.8, 4) is 17.0 Å². The van der Waals surface area contributed by atoms with Gasteiger partial charge < -0.3 is 29.3 Å². The Morgan fingerprint density at radius 1 is 1.08 bits per heavy atom. The van der Waals surface area contributed by atoms with Crippen LogP contribution in [0.15, 0.2) is 52.6 Å². The van der Waals surface area contributed by atoms with Gasteiger partial charge in [-0.2, -0.15) is 0 Å². The van der Waals surface area contributed by atoms with Crippen molar-refractivity contribution in [1.82, 2.24) is 15.4 Å². The topological polar surface area (TPSA) is 148 Å². The zero-order valence-electron chi connectivity index (χ0n) is 30.9. The van der Waals surface area contributed by atoms with Crippen LogP contribution in [0.3, 0.4) is 0 Å². The van der Waals surface area contributed by atoms with Crippen LogP contribution in [0.2, 0.25) is 0 Å². The molecule has 1 aromatic carbocycles. The predicted octanol–water partition coefficient (Wildman–Crippen LogP) is 6.70. The first-order valence-corrected chi connectivity index (χ1v) is 20.0. The van der Waals surface area contributed by atoms with E-state index in [4.69, 9.17) is 14.0 Å². The number of ether oxygens (including phenoxy) is 2. The molecule has 4 aliphatic carbocycles. The van der Waals surface area contributed by atoms with Crippen LogP contribution in [-0.4, -0.2) is 73.8 Å². The van der Waals surface area contributed by atoms with Crippen LogP contribution in [0.1, 0.15) is 94.7 Å². The zero-order chi connectivity index (χ0) is 37.4. The summed E-state index contributed by atoms with van der Waals surface area (Å²) in [4.78, 5) is 52.7. The maximum Gasteiger partial charge on any atom is 0.327 e. The van der Waals surface area contributed by atoms with E-state index in [0.717, 1.165) is 31.6 Å². The van der Waals surface area contributed by atoms with E-state index in [9.17, 15) is 24.3 Å². The van der Waals surface area contributed by atoms with Crippen molar-refractivity contribution in [3.05, 3.63) is 59.4 Å². The number of allylic oxidation sites excluding steroid dienone is 3. The van der Waals surface area contributed by atoms with Crippen LogP contribution < -0.4 is 10.1 Å². The van der Waals surface area contributed by atoms with E-state index >= 15 is 0 Å². The van der Waals surface area contributed by atoms with Crippen LogP contribution in [0, 0.1) is 36.0 Å². The number of β-lactam (4-membered cyclic amide) rings is 1. The number of aromatic nitrogens is 1. The molecule has 0 bridgehead atoms. The Balaban J connectivity index is 0.838. The Morgan fingerprint density at radius 2 is 1.85 bits per heavy atom. The number of fused-ring (bicyclic) bond motifs is 6. The van der Waals surface area contributed by atoms with Gasteiger partial charge in [0.1, 0.15) is 46.3 Å². The van der Waals surface area contributed by atoms with E-state index in [0.29, 0.717) is 40.5 Å². The third-order valence-electron chi connectivity index (χ3n) is 13.4. The molecule has 2 aliphatic heterocycles. The van der Waals surface area contributed by atoms with Crippen LogP contribution in [0.4, 0.5) is 0 Å². The maximum absolute atomic E-state index is 13.5. The van der Waals surface area contributed by atoms with Gasteiger partial charge in [-0.25, -0.2) is 4.79 Å². The van der Waals surface area contributed by atoms with Crippen LogP contribution in [0.5, 0.6) is 5.75 Å². The summed E-state index contributed by atoms with van der Waals surface area (Å²) in [7, 11) is 0. The van der Waals surface area contributed by atoms with Gasteiger partial charge in [0.15, 0.2) is 0 Å². The number of nitrogens with zero attached hydrogens (tertiary/aromatic N) is 2. The average molecular weight is 744 g/mol. The lowest BCUT2D eigenvalue weighted by molar-refractivity contribution is -0.159. The Bertz CT molecular complexity index is 1880. The molecule has 2 saturated heterocycles. The second kappa shape index (κ2) is 13.4. The molecule has 11 nitrogen and oxygen atoms in total. The number of carbonyl (C=O) groups is 4. The van der Waals surface area contributed by atoms with Gasteiger partial charge in [0, 0.05) is 15.7 Å². The Morgan fingerprint density at radius 3 is 2.60 bits per heavy atom. The summed E-state index contributed by atoms with van der Waals surface area (Å²) in [6, 6.07) is 5.19. The molecule has 53 heavy (non-hydrogen) atoms. The molecular formula is C41H49N3O8S. The van der Waals surface area contributed by atoms with Crippen LogP contribution in [0.25, 0.3) is 11.3 Å². The summed E-state index contributed by atoms with van der Waals surface area (Å²) in [5.74, 6) is 1.40. The van der Waals surface area contributed by atoms with E-state index in [-0.39, 0.29) is 36.1 Å². The summed E-state index contributed by atoms with van der Waals surface area (Å²) in [5.41, 5.74) is 4.08. The highest BCUT2D eigenvalue weighted by molar-refractivity contribution is 8.01. The number of aliphatic carboxylic acids is 1. The highest BCUT2D eigenvalue weighted by Crippen LogP contribution is 2.62. The third kappa shape index (κ3) is 6.09. The van der Waals surface area contributed by atoms with Crippen molar-refractivity contribution in [1.29, 1.82) is 0 Å². The van der Waals surface area contributed by atoms with Gasteiger partial charge in [0.2, 0.25) is 5.91 Å². The molecule has 3 saturated carbocycles. The van der Waals surface area contributed by atoms with Crippen molar-refractivity contribution in [3.63, 3.8) is 0 Å². The third-order valence-corrected chi connectivity index (χ3v) is 14.9. The highest BCUT2D eigenvalue weighted by atomic mass is 32.2. The number of rotatable bonds is 9. The summed E-state index contributed by atoms with van der Waals surface area (Å²) in [6.07, 6.45) is 11.7. The number of carboxylic acid groups (broad SMARTS) is 1. The minimum absolute atomic E-state index is 0.0335. The van der Waals surface area contributed by atoms with Crippen LogP contribution in [-0.2, 0) is 19.1 Å². The molecule has 3 heterocycles. The SMILES string of the molecule is C=C1C=C2CCC3C(CCC4(C)C(OC(=O)CCOc5ccc(-c6noc(C)c6C(=O)NC6C(=O)N7C6SC(C)(C)C7C(=O)O)cc5)CCC34)C2CC1. The lowest BCUT2D eigenvalue weighted by atomic mass is 9.52. The standard InChI is InChI=1S/C41H49N3O8S/c1-21-6-12-26-24(20-21)9-13-28-27(26)16-18-41(5)29(28)14-15-30(41)51-31(45)17-19-50-25-10-7-23(8-11-25)33-32(22(2)52-43-33)36(46)42-34-37(47)44-35(39(48)49)40(3,4)53-38(34)44/h7-8,10-11,20,26-30,34-35,38H,1,6,9,12-19H2,2-5H3,(H,42,46)(H,48,49). The summed E-state index contributed by atoms with van der Waals surface area (Å²) in [6.45, 7) is 12.0. The molecular weight excluding hydrogens is 695 g/mol. The molecule has 6 aliphatic rings. The first-order chi connectivity index (χ1) is 25.3. The summed E-state index contributed by atoms with van der Waals surface area (Å²) in [5, 5.41) is 16.1. The monoisotopic (exact) mass is 743 g/mol. The van der Waals surface area contributed by atoms with Crippen molar-refractivity contribution in [2.24, 2.45) is 29.1 Å². The number of esters is 1. The fourth-order valence-corrected chi connectivity index (χ4v) is 12.4. The van der Waals surface area contributed by atoms with E-state index in [2.05, 4.69) is 30.1 Å². The lowest BCUT2D eigenvalue weighted by Gasteiger charge is -2.53. The van der Waals surface area contributed by atoms with Crippen molar-refractivity contribution < 1.29 is 38.3 Å². The number of benzene rings is 1. The first-order valence-electron chi connectivity index (χ1n) is 19.1. The van der Waals surface area contributed by atoms with Crippen molar-refractivity contribution in [2.45, 2.75) is 114 Å². The number of hydrogen-bond donors (Lipinski definition) is 2. The molecule has 0 spiro atoms. The van der Waals surface area contributed by atoms with E-state index in [1.54, 1.807) is 50.6 Å². The molecule has 9 unspecified atom stereocenters. The lowest BCUT2D eigenvalue weighted by Crippen LogP contribution is -2.70. The average Bonchev–Trinajstić information content (AvgIpc) is 3.75. The summed E-state index contributed by atoms with van der Waals surface area (Å²) < 4.78 is 16.8. The fraction of sp³-hybridized carbons (Fsp3) is 0.585. The molecule has 1 aromatic heterocycles. The second-order valence-corrected chi connectivity index (χ2v) is 18.5. The van der Waals surface area contributed by atoms with E-state index in [1.807, 2.05) is 0 Å². The molecule has 12 heteroatoms. The van der Waals surface area contributed by atoms with Gasteiger partial charge in [-0.3, -0.25) is 14.4 Å². The molecule has 0 radical (unpaired) electrons. The van der Waals surface area contributed by atoms with Gasteiger partial charge in [0.25, 0.3) is 5.91 Å². The molecule has 5 fully saturated rings. The zero-order valence-corrected chi connectivity index (χ0v) is 31.7. The molecule has 9 atom stereocenters. The molecule has 282 valence electrons. The van der Waals surface area contributed by atoms with Crippen molar-refractivity contribution in [2.75, 3.05) is 6.61 Å². The number of nitrogens with one attached hydrogen (secondary N) is 1. The summed E-state index contributed by atoms with van der Waals surface area (Å²) >= 11 is 1.36. The smallest absolute Gasteiger partial charge is 0.327 e. The van der Waals surface area contributed by atoms with E-state index < -0.39 is 40.0 Å². The predicted molar refractivity (Wildman–Crippen MR) is 198 cm³/mol. The first kappa shape index (κ1) is 35.9. The number of amides is 2. The largest absolute Gasteiger partial charge is 0.493 e. The Labute approximate surface area is 314 Å². The van der Waals surface area contributed by atoms with Gasteiger partial charge in [-0.15, -0.1) is 11.8 Å². The maximum atomic E-state index is 13.5. The van der Waals surface area contributed by atoms with Gasteiger partial charge in [-0.05, 0) is 120 Å². The number of thioether (sulfide) groups is 1. The minimum Gasteiger partial charge on any atom is -0.493 e. The molecule has 2 aromatic rings. The Hall–Kier alpha value is -4.06. The Kier molecular flexibility index (Phi) is 9.06. The number of carbonyl (C=O) groups excluding carboxylic acids is 3. The van der Waals surface area contributed by atoms with Crippen molar-refractivity contribution >= 4 is 35.5 Å². The van der Waals surface area contributed by atoms with Gasteiger partial charge in [-0.1, -0.05) is 35.9 Å². The van der Waals surface area contributed by atoms with Gasteiger partial charge >= 0.3 is 11.9 Å². The van der Waals surface area contributed by atoms with E-state index in [1.165, 1.54) is 47.9 Å².